The van der Waals surface area contributed by atoms with Gasteiger partial charge in [0.25, 0.3) is 0 Å². The van der Waals surface area contributed by atoms with Crippen molar-refractivity contribution >= 4 is 17.7 Å². The van der Waals surface area contributed by atoms with Gasteiger partial charge in [-0.1, -0.05) is 0 Å². The summed E-state index contributed by atoms with van der Waals surface area (Å²) in [6.45, 7) is 0.667. The van der Waals surface area contributed by atoms with Crippen LogP contribution in [-0.4, -0.2) is 46.3 Å². The molecule has 0 radical (unpaired) electrons. The summed E-state index contributed by atoms with van der Waals surface area (Å²) in [5.41, 5.74) is 5.47. The summed E-state index contributed by atoms with van der Waals surface area (Å²) >= 11 is 0. The van der Waals surface area contributed by atoms with Crippen molar-refractivity contribution in [2.45, 2.75) is 25.4 Å². The van der Waals surface area contributed by atoms with Crippen molar-refractivity contribution < 1.29 is 14.3 Å². The van der Waals surface area contributed by atoms with E-state index < -0.39 is 6.04 Å². The molecule has 1 amide bonds. The van der Waals surface area contributed by atoms with Crippen LogP contribution in [0.4, 0.5) is 5.82 Å². The van der Waals surface area contributed by atoms with Gasteiger partial charge < -0.3 is 15.4 Å². The van der Waals surface area contributed by atoms with Gasteiger partial charge in [0.05, 0.1) is 7.11 Å². The number of rotatable bonds is 3. The lowest BCUT2D eigenvalue weighted by atomic mass is 10.2. The number of aromatic nitrogens is 2. The Balaban J connectivity index is 2.02. The Morgan fingerprint density at radius 1 is 1.61 bits per heavy atom. The number of carbonyl (C=O) groups is 2. The van der Waals surface area contributed by atoms with Gasteiger partial charge in [-0.05, 0) is 18.9 Å². The van der Waals surface area contributed by atoms with Crippen molar-refractivity contribution in [3.05, 3.63) is 12.3 Å². The van der Waals surface area contributed by atoms with Crippen LogP contribution in [0.5, 0.6) is 0 Å². The molecule has 7 heteroatoms. The van der Waals surface area contributed by atoms with Gasteiger partial charge in [-0.3, -0.25) is 9.48 Å². The smallest absolute Gasteiger partial charge is 0.328 e. The molecule has 2 rings (SSSR count). The van der Waals surface area contributed by atoms with E-state index in [1.54, 1.807) is 17.2 Å². The molecule has 1 saturated heterocycles. The number of nitrogens with two attached hydrogens (primary N) is 1. The van der Waals surface area contributed by atoms with E-state index in [1.807, 2.05) is 0 Å². The molecule has 0 aromatic carbocycles. The fraction of sp³-hybridized carbons (Fsp3) is 0.545. The van der Waals surface area contributed by atoms with E-state index in [-0.39, 0.29) is 18.4 Å². The summed E-state index contributed by atoms with van der Waals surface area (Å²) in [7, 11) is 1.33. The quantitative estimate of drug-likeness (QED) is 0.741. The molecule has 7 nitrogen and oxygen atoms in total. The number of esters is 1. The number of hydrogen-bond acceptors (Lipinski definition) is 5. The van der Waals surface area contributed by atoms with Crippen molar-refractivity contribution in [1.29, 1.82) is 0 Å². The van der Waals surface area contributed by atoms with Crippen LogP contribution in [0.3, 0.4) is 0 Å². The van der Waals surface area contributed by atoms with E-state index in [4.69, 9.17) is 10.5 Å². The van der Waals surface area contributed by atoms with E-state index in [1.165, 1.54) is 11.8 Å². The minimum atomic E-state index is -0.463. The Morgan fingerprint density at radius 2 is 2.39 bits per heavy atom. The molecule has 0 spiro atoms. The maximum atomic E-state index is 12.1. The molecule has 1 aromatic rings. The topological polar surface area (TPSA) is 90.5 Å². The summed E-state index contributed by atoms with van der Waals surface area (Å²) in [6, 6.07) is 1.16. The van der Waals surface area contributed by atoms with Crippen molar-refractivity contribution in [1.82, 2.24) is 14.7 Å². The standard InChI is InChI=1S/C11H16N4O3/c1-18-11(17)8-3-2-5-15(8)10(16)7-14-6-4-9(12)13-14/h4,6,8H,2-3,5,7H2,1H3,(H2,12,13). The van der Waals surface area contributed by atoms with Crippen LogP contribution in [0.15, 0.2) is 12.3 Å². The van der Waals surface area contributed by atoms with Gasteiger partial charge in [0.1, 0.15) is 18.4 Å². The van der Waals surface area contributed by atoms with Crippen LogP contribution in [0.1, 0.15) is 12.8 Å². The number of likely N-dealkylation sites (tertiary alicyclic amines) is 1. The minimum Gasteiger partial charge on any atom is -0.467 e. The fourth-order valence-corrected chi connectivity index (χ4v) is 2.14. The zero-order valence-electron chi connectivity index (χ0n) is 10.2. The number of nitrogen functional groups attached to an aromatic ring is 1. The summed E-state index contributed by atoms with van der Waals surface area (Å²) in [4.78, 5) is 25.1. The second-order valence-corrected chi connectivity index (χ2v) is 4.21. The average molecular weight is 252 g/mol. The number of methoxy groups -OCH3 is 1. The van der Waals surface area contributed by atoms with Crippen LogP contribution in [-0.2, 0) is 20.9 Å². The molecule has 1 aliphatic heterocycles. The first-order valence-corrected chi connectivity index (χ1v) is 5.78. The van der Waals surface area contributed by atoms with Crippen molar-refractivity contribution in [3.63, 3.8) is 0 Å². The highest BCUT2D eigenvalue weighted by Gasteiger charge is 2.34. The van der Waals surface area contributed by atoms with Crippen LogP contribution in [0.25, 0.3) is 0 Å². The summed E-state index contributed by atoms with van der Waals surface area (Å²) < 4.78 is 6.16. The first kappa shape index (κ1) is 12.4. The molecule has 18 heavy (non-hydrogen) atoms. The van der Waals surface area contributed by atoms with Crippen LogP contribution < -0.4 is 5.73 Å². The van der Waals surface area contributed by atoms with E-state index in [2.05, 4.69) is 5.10 Å². The second-order valence-electron chi connectivity index (χ2n) is 4.21. The van der Waals surface area contributed by atoms with Crippen LogP contribution in [0, 0.1) is 0 Å². The molecule has 2 heterocycles. The van der Waals surface area contributed by atoms with Gasteiger partial charge in [0.15, 0.2) is 0 Å². The third kappa shape index (κ3) is 2.44. The number of carbonyl (C=O) groups excluding carboxylic acids is 2. The molecule has 1 unspecified atom stereocenters. The molecule has 1 fully saturated rings. The second kappa shape index (κ2) is 5.07. The lowest BCUT2D eigenvalue weighted by molar-refractivity contribution is -0.151. The maximum absolute atomic E-state index is 12.1. The molecular weight excluding hydrogens is 236 g/mol. The number of ether oxygens (including phenoxy) is 1. The monoisotopic (exact) mass is 252 g/mol. The van der Waals surface area contributed by atoms with E-state index in [0.29, 0.717) is 18.8 Å². The first-order valence-electron chi connectivity index (χ1n) is 5.78. The van der Waals surface area contributed by atoms with Gasteiger partial charge in [0.2, 0.25) is 5.91 Å². The Morgan fingerprint density at radius 3 is 3.00 bits per heavy atom. The normalized spacial score (nSPS) is 18.9. The molecular formula is C11H16N4O3. The molecule has 2 N–H and O–H groups in total. The molecule has 0 aliphatic carbocycles. The fourth-order valence-electron chi connectivity index (χ4n) is 2.14. The third-order valence-electron chi connectivity index (χ3n) is 3.00. The van der Waals surface area contributed by atoms with Crippen LogP contribution in [0.2, 0.25) is 0 Å². The summed E-state index contributed by atoms with van der Waals surface area (Å²) in [5, 5.41) is 3.94. The minimum absolute atomic E-state index is 0.0880. The van der Waals surface area contributed by atoms with E-state index in [9.17, 15) is 9.59 Å². The van der Waals surface area contributed by atoms with Gasteiger partial charge >= 0.3 is 5.97 Å². The third-order valence-corrected chi connectivity index (χ3v) is 3.00. The van der Waals surface area contributed by atoms with E-state index in [0.717, 1.165) is 6.42 Å². The Bertz CT molecular complexity index is 457. The van der Waals surface area contributed by atoms with Gasteiger partial charge in [0, 0.05) is 12.7 Å². The molecule has 0 saturated carbocycles. The molecule has 1 atom stereocenters. The maximum Gasteiger partial charge on any atom is 0.328 e. The van der Waals surface area contributed by atoms with Gasteiger partial charge in [-0.2, -0.15) is 5.10 Å². The number of hydrogen-bond donors (Lipinski definition) is 1. The van der Waals surface area contributed by atoms with Gasteiger partial charge in [-0.15, -0.1) is 0 Å². The van der Waals surface area contributed by atoms with E-state index >= 15 is 0 Å². The zero-order valence-corrected chi connectivity index (χ0v) is 10.2. The van der Waals surface area contributed by atoms with Crippen LogP contribution >= 0.6 is 0 Å². The number of amides is 1. The average Bonchev–Trinajstić information content (AvgIpc) is 2.97. The molecule has 1 aromatic heterocycles. The number of anilines is 1. The molecule has 98 valence electrons. The predicted molar refractivity (Wildman–Crippen MR) is 63.4 cm³/mol. The largest absolute Gasteiger partial charge is 0.467 e. The summed E-state index contributed by atoms with van der Waals surface area (Å²) in [5.74, 6) is -0.138. The SMILES string of the molecule is COC(=O)C1CCCN1C(=O)Cn1ccc(N)n1. The predicted octanol–water partition coefficient (Wildman–Crippen LogP) is -0.371. The lowest BCUT2D eigenvalue weighted by Gasteiger charge is -2.22. The Labute approximate surface area is 104 Å². The van der Waals surface area contributed by atoms with Crippen molar-refractivity contribution in [2.75, 3.05) is 19.4 Å². The highest BCUT2D eigenvalue weighted by atomic mass is 16.5. The Kier molecular flexibility index (Phi) is 3.50. The Hall–Kier alpha value is -2.05. The molecule has 1 aliphatic rings. The first-order chi connectivity index (χ1) is 8.61. The molecule has 0 bridgehead atoms. The van der Waals surface area contributed by atoms with Crippen molar-refractivity contribution in [3.8, 4) is 0 Å². The highest BCUT2D eigenvalue weighted by Crippen LogP contribution is 2.18. The number of nitrogens with zero attached hydrogens (tertiary/aromatic N) is 3. The van der Waals surface area contributed by atoms with Gasteiger partial charge in [-0.25, -0.2) is 4.79 Å². The summed E-state index contributed by atoms with van der Waals surface area (Å²) in [6.07, 6.45) is 3.10. The zero-order chi connectivity index (χ0) is 13.1. The highest BCUT2D eigenvalue weighted by molar-refractivity contribution is 5.85. The van der Waals surface area contributed by atoms with Crippen molar-refractivity contribution in [2.24, 2.45) is 0 Å². The lowest BCUT2D eigenvalue weighted by Crippen LogP contribution is -2.42.